The summed E-state index contributed by atoms with van der Waals surface area (Å²) in [5, 5.41) is 14.0. The molecule has 116 valence electrons. The Morgan fingerprint density at radius 1 is 1.41 bits per heavy atom. The Hall–Kier alpha value is -1.32. The monoisotopic (exact) mass is 296 g/mol. The zero-order valence-electron chi connectivity index (χ0n) is 13.1. The predicted octanol–water partition coefficient (Wildman–Crippen LogP) is 2.38. The minimum absolute atomic E-state index is 0.222. The van der Waals surface area contributed by atoms with Crippen molar-refractivity contribution >= 4 is 5.69 Å². The Morgan fingerprint density at radius 3 is 3.09 bits per heavy atom. The highest BCUT2D eigenvalue weighted by Gasteiger charge is 2.64. The van der Waals surface area contributed by atoms with Crippen LogP contribution in [-0.4, -0.2) is 41.8 Å². The summed E-state index contributed by atoms with van der Waals surface area (Å²) in [6, 6.07) is 9.89. The van der Waals surface area contributed by atoms with Crippen LogP contribution in [-0.2, 0) is 5.41 Å². The Bertz CT molecular complexity index is 655. The molecule has 22 heavy (non-hydrogen) atoms. The number of aliphatic hydroxyl groups excluding tert-OH is 1. The van der Waals surface area contributed by atoms with Gasteiger partial charge in [-0.05, 0) is 43.9 Å². The lowest BCUT2D eigenvalue weighted by atomic mass is 9.56. The number of allylic oxidation sites excluding steroid dienone is 1. The highest BCUT2D eigenvalue weighted by atomic mass is 16.3. The molecule has 1 saturated carbocycles. The van der Waals surface area contributed by atoms with Crippen LogP contribution in [0.4, 0.5) is 5.69 Å². The Balaban J connectivity index is 1.71. The molecular weight excluding hydrogens is 272 g/mol. The van der Waals surface area contributed by atoms with Gasteiger partial charge in [0.15, 0.2) is 0 Å². The van der Waals surface area contributed by atoms with E-state index in [4.69, 9.17) is 0 Å². The first-order valence-corrected chi connectivity index (χ1v) is 8.65. The largest absolute Gasteiger partial charge is 0.396 e. The van der Waals surface area contributed by atoms with Gasteiger partial charge in [-0.15, -0.1) is 0 Å². The maximum atomic E-state index is 10.2. The fourth-order valence-corrected chi connectivity index (χ4v) is 6.13. The van der Waals surface area contributed by atoms with Gasteiger partial charge in [-0.3, -0.25) is 4.90 Å². The maximum Gasteiger partial charge on any atom is 0.0484 e. The van der Waals surface area contributed by atoms with Crippen molar-refractivity contribution in [2.24, 2.45) is 11.8 Å². The maximum absolute atomic E-state index is 10.2. The third-order valence-corrected chi connectivity index (χ3v) is 7.01. The van der Waals surface area contributed by atoms with Gasteiger partial charge in [0.2, 0.25) is 0 Å². The molecule has 4 aliphatic rings. The first-order valence-electron chi connectivity index (χ1n) is 8.65. The number of rotatable bonds is 1. The topological polar surface area (TPSA) is 35.5 Å². The molecule has 0 unspecified atom stereocenters. The lowest BCUT2D eigenvalue weighted by molar-refractivity contribution is 0.0298. The second kappa shape index (κ2) is 4.36. The van der Waals surface area contributed by atoms with Crippen LogP contribution in [0.15, 0.2) is 35.9 Å². The average Bonchev–Trinajstić information content (AvgIpc) is 3.11. The predicted molar refractivity (Wildman–Crippen MR) is 87.9 cm³/mol. The molecule has 1 spiro atoms. The third-order valence-electron chi connectivity index (χ3n) is 7.01. The van der Waals surface area contributed by atoms with E-state index in [1.165, 1.54) is 30.6 Å². The molecule has 0 radical (unpaired) electrons. The summed E-state index contributed by atoms with van der Waals surface area (Å²) in [4.78, 5) is 2.70. The molecule has 5 rings (SSSR count). The van der Waals surface area contributed by atoms with Crippen molar-refractivity contribution in [3.05, 3.63) is 41.5 Å². The quantitative estimate of drug-likeness (QED) is 0.781. The van der Waals surface area contributed by atoms with Crippen molar-refractivity contribution in [2.75, 3.05) is 25.0 Å². The number of para-hydroxylation sites is 1. The van der Waals surface area contributed by atoms with Crippen LogP contribution < -0.4 is 5.32 Å². The zero-order chi connectivity index (χ0) is 14.9. The standard InChI is InChI=1S/C19H24N2O/c1-2-12-10-21-8-7-19-15-5-3-4-6-16(15)20-18(19)14(11-22)13(12)9-17(19)21/h2-6,13-14,17-18,20,22H,7-11H2,1H3/t13-,14-,17-,18-,19+/m0/s1. The fraction of sp³-hybridized carbons (Fsp3) is 0.579. The van der Waals surface area contributed by atoms with Crippen molar-refractivity contribution in [3.63, 3.8) is 0 Å². The van der Waals surface area contributed by atoms with Gasteiger partial charge in [0.05, 0.1) is 0 Å². The molecule has 1 aliphatic carbocycles. The van der Waals surface area contributed by atoms with Crippen LogP contribution in [0, 0.1) is 11.8 Å². The molecule has 3 heterocycles. The molecule has 2 saturated heterocycles. The van der Waals surface area contributed by atoms with Gasteiger partial charge >= 0.3 is 0 Å². The SMILES string of the molecule is CC=C1CN2CC[C@]34c5ccccc5N[C@H]3[C@@H](CO)[C@H]1C[C@H]24. The van der Waals surface area contributed by atoms with E-state index in [1.54, 1.807) is 5.57 Å². The van der Waals surface area contributed by atoms with Crippen molar-refractivity contribution in [1.29, 1.82) is 0 Å². The lowest BCUT2D eigenvalue weighted by Crippen LogP contribution is -2.62. The average molecular weight is 296 g/mol. The van der Waals surface area contributed by atoms with E-state index in [9.17, 15) is 5.11 Å². The zero-order valence-corrected chi connectivity index (χ0v) is 13.1. The van der Waals surface area contributed by atoms with E-state index in [1.807, 2.05) is 0 Å². The molecule has 0 amide bonds. The molecule has 2 bridgehead atoms. The number of aliphatic hydroxyl groups is 1. The summed E-state index contributed by atoms with van der Waals surface area (Å²) in [6.45, 7) is 4.76. The highest BCUT2D eigenvalue weighted by molar-refractivity contribution is 5.65. The molecule has 5 atom stereocenters. The van der Waals surface area contributed by atoms with Gasteiger partial charge < -0.3 is 10.4 Å². The van der Waals surface area contributed by atoms with Crippen LogP contribution in [0.5, 0.6) is 0 Å². The van der Waals surface area contributed by atoms with Crippen molar-refractivity contribution in [2.45, 2.75) is 37.3 Å². The second-order valence-corrected chi connectivity index (χ2v) is 7.50. The van der Waals surface area contributed by atoms with Crippen LogP contribution in [0.2, 0.25) is 0 Å². The van der Waals surface area contributed by atoms with E-state index < -0.39 is 0 Å². The Labute approximate surface area is 132 Å². The normalized spacial score (nSPS) is 43.8. The van der Waals surface area contributed by atoms with Gasteiger partial charge in [0, 0.05) is 42.3 Å². The lowest BCUT2D eigenvalue weighted by Gasteiger charge is -2.54. The summed E-state index contributed by atoms with van der Waals surface area (Å²) in [5.74, 6) is 0.893. The van der Waals surface area contributed by atoms with E-state index in [-0.39, 0.29) is 5.41 Å². The van der Waals surface area contributed by atoms with Crippen molar-refractivity contribution in [3.8, 4) is 0 Å². The first kappa shape index (κ1) is 13.1. The van der Waals surface area contributed by atoms with E-state index >= 15 is 0 Å². The van der Waals surface area contributed by atoms with Crippen LogP contribution >= 0.6 is 0 Å². The van der Waals surface area contributed by atoms with Crippen LogP contribution in [0.1, 0.15) is 25.3 Å². The van der Waals surface area contributed by atoms with Gasteiger partial charge in [-0.2, -0.15) is 0 Å². The van der Waals surface area contributed by atoms with Gasteiger partial charge in [0.1, 0.15) is 0 Å². The van der Waals surface area contributed by atoms with E-state index in [0.717, 1.165) is 6.54 Å². The molecule has 2 N–H and O–H groups in total. The summed E-state index contributed by atoms with van der Waals surface area (Å²) in [6.07, 6.45) is 4.75. The number of hydrogen-bond donors (Lipinski definition) is 2. The van der Waals surface area contributed by atoms with Crippen molar-refractivity contribution in [1.82, 2.24) is 4.90 Å². The molecule has 3 fully saturated rings. The fourth-order valence-electron chi connectivity index (χ4n) is 6.13. The number of hydrogen-bond acceptors (Lipinski definition) is 3. The third kappa shape index (κ3) is 1.35. The number of benzene rings is 1. The summed E-state index contributed by atoms with van der Waals surface area (Å²) in [5.41, 5.74) is 4.58. The number of anilines is 1. The van der Waals surface area contributed by atoms with Crippen LogP contribution in [0.3, 0.4) is 0 Å². The molecule has 3 aliphatic heterocycles. The Kier molecular flexibility index (Phi) is 2.61. The van der Waals surface area contributed by atoms with Crippen LogP contribution in [0.25, 0.3) is 0 Å². The van der Waals surface area contributed by atoms with Gasteiger partial charge in [0.25, 0.3) is 0 Å². The molecule has 1 aromatic carbocycles. The minimum atomic E-state index is 0.222. The smallest absolute Gasteiger partial charge is 0.0484 e. The molecule has 3 nitrogen and oxygen atoms in total. The molecule has 1 aromatic rings. The van der Waals surface area contributed by atoms with E-state index in [0.29, 0.717) is 30.5 Å². The van der Waals surface area contributed by atoms with Gasteiger partial charge in [-0.1, -0.05) is 29.8 Å². The second-order valence-electron chi connectivity index (χ2n) is 7.50. The summed E-state index contributed by atoms with van der Waals surface area (Å²) in [7, 11) is 0. The summed E-state index contributed by atoms with van der Waals surface area (Å²) < 4.78 is 0. The highest BCUT2D eigenvalue weighted by Crippen LogP contribution is 2.60. The number of nitrogens with zero attached hydrogens (tertiary/aromatic N) is 1. The number of fused-ring (bicyclic) bond motifs is 2. The molecule has 0 aromatic heterocycles. The molecular formula is C19H24N2O. The first-order chi connectivity index (χ1) is 10.8. The minimum Gasteiger partial charge on any atom is -0.396 e. The Morgan fingerprint density at radius 2 is 2.27 bits per heavy atom. The summed E-state index contributed by atoms with van der Waals surface area (Å²) >= 11 is 0. The van der Waals surface area contributed by atoms with Gasteiger partial charge in [-0.25, -0.2) is 0 Å². The molecule has 3 heteroatoms. The number of piperidine rings is 1. The van der Waals surface area contributed by atoms with E-state index in [2.05, 4.69) is 47.5 Å². The number of nitrogens with one attached hydrogen (secondary N) is 1. The van der Waals surface area contributed by atoms with Crippen molar-refractivity contribution < 1.29 is 5.11 Å².